The van der Waals surface area contributed by atoms with Crippen LogP contribution in [0.5, 0.6) is 0 Å². The molecule has 3 aliphatic rings. The average molecular weight is 559 g/mol. The summed E-state index contributed by atoms with van der Waals surface area (Å²) in [6.07, 6.45) is 5.15. The van der Waals surface area contributed by atoms with E-state index < -0.39 is 10.0 Å². The van der Waals surface area contributed by atoms with E-state index in [1.807, 2.05) is 13.8 Å². The molecule has 2 aliphatic carbocycles. The van der Waals surface area contributed by atoms with Crippen molar-refractivity contribution in [3.8, 4) is 0 Å². The molecule has 0 bridgehead atoms. The van der Waals surface area contributed by atoms with Crippen molar-refractivity contribution in [2.75, 3.05) is 52.2 Å². The van der Waals surface area contributed by atoms with Crippen molar-refractivity contribution in [1.82, 2.24) is 14.5 Å². The van der Waals surface area contributed by atoms with Crippen molar-refractivity contribution in [2.45, 2.75) is 64.7 Å². The summed E-state index contributed by atoms with van der Waals surface area (Å²) in [5.41, 5.74) is 0.271. The summed E-state index contributed by atoms with van der Waals surface area (Å²) in [4.78, 5) is 6.66. The fraction of sp³-hybridized carbons (Fsp3) is 0.950. The Morgan fingerprint density at radius 2 is 1.90 bits per heavy atom. The van der Waals surface area contributed by atoms with E-state index in [1.54, 1.807) is 11.4 Å². The molecule has 2 saturated carbocycles. The van der Waals surface area contributed by atoms with Crippen molar-refractivity contribution in [3.05, 3.63) is 0 Å². The molecule has 2 unspecified atom stereocenters. The quantitative estimate of drug-likeness (QED) is 0.279. The lowest BCUT2D eigenvalue weighted by atomic mass is 9.51. The standard InChI is InChI=1S/C20H38N4O4S.HI/c1-5-27-18-15-17(20(18)7-6-8-20)22-19(21-4)23-9-11-24(12-10-23)29(25,26)14-13-28-16(2)3;/h16-18H,5-15H2,1-4H3,(H,21,22);1H. The molecule has 0 aromatic carbocycles. The van der Waals surface area contributed by atoms with Gasteiger partial charge in [0.05, 0.1) is 24.6 Å². The molecule has 1 aliphatic heterocycles. The fourth-order valence-corrected chi connectivity index (χ4v) is 6.07. The normalized spacial score (nSPS) is 26.8. The first-order valence-electron chi connectivity index (χ1n) is 11.0. The van der Waals surface area contributed by atoms with E-state index in [1.165, 1.54) is 19.3 Å². The molecule has 1 N–H and O–H groups in total. The molecule has 1 heterocycles. The average Bonchev–Trinajstić information content (AvgIpc) is 2.62. The summed E-state index contributed by atoms with van der Waals surface area (Å²) >= 11 is 0. The number of aliphatic imine (C=N–C) groups is 1. The highest BCUT2D eigenvalue weighted by molar-refractivity contribution is 14.0. The zero-order valence-electron chi connectivity index (χ0n) is 18.8. The van der Waals surface area contributed by atoms with E-state index in [0.717, 1.165) is 19.0 Å². The van der Waals surface area contributed by atoms with E-state index >= 15 is 0 Å². The smallest absolute Gasteiger partial charge is 0.216 e. The van der Waals surface area contributed by atoms with E-state index in [9.17, 15) is 8.42 Å². The number of guanidine groups is 1. The summed E-state index contributed by atoms with van der Waals surface area (Å²) in [5.74, 6) is 0.929. The van der Waals surface area contributed by atoms with Gasteiger partial charge in [-0.1, -0.05) is 6.42 Å². The Hall–Kier alpha value is -0.170. The van der Waals surface area contributed by atoms with Gasteiger partial charge in [-0.2, -0.15) is 4.31 Å². The van der Waals surface area contributed by atoms with Gasteiger partial charge in [0.15, 0.2) is 5.96 Å². The van der Waals surface area contributed by atoms with Crippen molar-refractivity contribution in [2.24, 2.45) is 10.4 Å². The molecule has 176 valence electrons. The molecular formula is C20H39IN4O4S. The number of rotatable bonds is 8. The number of nitrogens with zero attached hydrogens (tertiary/aromatic N) is 3. The van der Waals surface area contributed by atoms with Crippen LogP contribution in [0.3, 0.4) is 0 Å². The predicted octanol–water partition coefficient (Wildman–Crippen LogP) is 1.90. The highest BCUT2D eigenvalue weighted by atomic mass is 127. The van der Waals surface area contributed by atoms with Crippen LogP contribution in [-0.4, -0.2) is 94.0 Å². The fourth-order valence-electron chi connectivity index (χ4n) is 4.79. The van der Waals surface area contributed by atoms with Gasteiger partial charge >= 0.3 is 0 Å². The first-order valence-corrected chi connectivity index (χ1v) is 12.6. The van der Waals surface area contributed by atoms with Gasteiger partial charge in [-0.15, -0.1) is 24.0 Å². The number of sulfonamides is 1. The Bertz CT molecular complexity index is 676. The highest BCUT2D eigenvalue weighted by Gasteiger charge is 2.59. The van der Waals surface area contributed by atoms with Gasteiger partial charge in [0.2, 0.25) is 10.0 Å². The van der Waals surface area contributed by atoms with Crippen LogP contribution in [-0.2, 0) is 19.5 Å². The minimum Gasteiger partial charge on any atom is -0.378 e. The molecular weight excluding hydrogens is 519 g/mol. The third-order valence-corrected chi connectivity index (χ3v) is 8.51. The molecule has 1 spiro atoms. The van der Waals surface area contributed by atoms with Crippen LogP contribution in [0.4, 0.5) is 0 Å². The molecule has 0 aromatic rings. The zero-order valence-corrected chi connectivity index (χ0v) is 21.9. The SMILES string of the molecule is CCOC1CC(NC(=NC)N2CCN(S(=O)(=O)CCOC(C)C)CC2)C12CCC2.I. The van der Waals surface area contributed by atoms with E-state index in [0.29, 0.717) is 38.3 Å². The first kappa shape index (κ1) is 26.1. The van der Waals surface area contributed by atoms with Crippen LogP contribution in [0.2, 0.25) is 0 Å². The minimum absolute atomic E-state index is 0. The molecule has 3 fully saturated rings. The molecule has 8 nitrogen and oxygen atoms in total. The van der Waals surface area contributed by atoms with Gasteiger partial charge in [0, 0.05) is 51.3 Å². The molecule has 0 aromatic heterocycles. The summed E-state index contributed by atoms with van der Waals surface area (Å²) in [6.45, 7) is 9.18. The lowest BCUT2D eigenvalue weighted by Crippen LogP contribution is -2.69. The molecule has 0 radical (unpaired) electrons. The molecule has 1 saturated heterocycles. The van der Waals surface area contributed by atoms with Crippen LogP contribution in [0, 0.1) is 5.41 Å². The second kappa shape index (κ2) is 11.1. The number of ether oxygens (including phenoxy) is 2. The Balaban J connectivity index is 0.00000320. The highest BCUT2D eigenvalue weighted by Crippen LogP contribution is 2.57. The molecule has 0 amide bonds. The maximum Gasteiger partial charge on any atom is 0.216 e. The van der Waals surface area contributed by atoms with Gasteiger partial charge < -0.3 is 19.7 Å². The summed E-state index contributed by atoms with van der Waals surface area (Å²) < 4.78 is 38.0. The summed E-state index contributed by atoms with van der Waals surface area (Å²) in [5, 5.41) is 3.66. The van der Waals surface area contributed by atoms with Crippen molar-refractivity contribution < 1.29 is 17.9 Å². The number of hydrogen-bond acceptors (Lipinski definition) is 5. The van der Waals surface area contributed by atoms with Crippen molar-refractivity contribution >= 4 is 40.0 Å². The van der Waals surface area contributed by atoms with Crippen molar-refractivity contribution in [1.29, 1.82) is 0 Å². The molecule has 2 atom stereocenters. The number of hydrogen-bond donors (Lipinski definition) is 1. The zero-order chi connectivity index (χ0) is 21.1. The van der Waals surface area contributed by atoms with Gasteiger partial charge in [0.1, 0.15) is 0 Å². The predicted molar refractivity (Wildman–Crippen MR) is 130 cm³/mol. The van der Waals surface area contributed by atoms with E-state index in [2.05, 4.69) is 22.1 Å². The van der Waals surface area contributed by atoms with Gasteiger partial charge in [-0.3, -0.25) is 4.99 Å². The van der Waals surface area contributed by atoms with Gasteiger partial charge in [-0.25, -0.2) is 8.42 Å². The number of piperazine rings is 1. The largest absolute Gasteiger partial charge is 0.378 e. The topological polar surface area (TPSA) is 83.5 Å². The maximum absolute atomic E-state index is 12.5. The monoisotopic (exact) mass is 558 g/mol. The number of nitrogens with one attached hydrogen (secondary N) is 1. The lowest BCUT2D eigenvalue weighted by molar-refractivity contribution is -0.169. The minimum atomic E-state index is -3.27. The summed E-state index contributed by atoms with van der Waals surface area (Å²) in [6, 6.07) is 0.404. The van der Waals surface area contributed by atoms with Crippen LogP contribution >= 0.6 is 24.0 Å². The third-order valence-electron chi connectivity index (χ3n) is 6.68. The third kappa shape index (κ3) is 5.60. The lowest BCUT2D eigenvalue weighted by Gasteiger charge is -2.61. The molecule has 3 rings (SSSR count). The number of halogens is 1. The van der Waals surface area contributed by atoms with Crippen LogP contribution < -0.4 is 5.32 Å². The van der Waals surface area contributed by atoms with Crippen LogP contribution in [0.15, 0.2) is 4.99 Å². The second-order valence-electron chi connectivity index (χ2n) is 8.63. The maximum atomic E-state index is 12.5. The van der Waals surface area contributed by atoms with Crippen LogP contribution in [0.1, 0.15) is 46.5 Å². The van der Waals surface area contributed by atoms with E-state index in [4.69, 9.17) is 9.47 Å². The van der Waals surface area contributed by atoms with Crippen LogP contribution in [0.25, 0.3) is 0 Å². The van der Waals surface area contributed by atoms with Gasteiger partial charge in [-0.05, 0) is 40.0 Å². The van der Waals surface area contributed by atoms with Gasteiger partial charge in [0.25, 0.3) is 0 Å². The Morgan fingerprint density at radius 1 is 1.23 bits per heavy atom. The van der Waals surface area contributed by atoms with Crippen molar-refractivity contribution in [3.63, 3.8) is 0 Å². The van der Waals surface area contributed by atoms with E-state index in [-0.39, 0.29) is 47.9 Å². The summed E-state index contributed by atoms with van der Waals surface area (Å²) in [7, 11) is -1.47. The second-order valence-corrected chi connectivity index (χ2v) is 10.7. The first-order chi connectivity index (χ1) is 13.8. The Morgan fingerprint density at radius 3 is 2.40 bits per heavy atom. The Kier molecular flexibility index (Phi) is 9.66. The Labute approximate surface area is 199 Å². The molecule has 10 heteroatoms. The molecule has 30 heavy (non-hydrogen) atoms.